The quantitative estimate of drug-likeness (QED) is 0.257. The van der Waals surface area contributed by atoms with Gasteiger partial charge in [0.1, 0.15) is 7.38 Å². The highest BCUT2D eigenvalue weighted by Gasteiger charge is 2.15. The molecule has 0 aliphatic heterocycles. The van der Waals surface area contributed by atoms with Gasteiger partial charge in [0.15, 0.2) is 0 Å². The summed E-state index contributed by atoms with van der Waals surface area (Å²) in [6.07, 6.45) is 6.43. The van der Waals surface area contributed by atoms with Crippen molar-refractivity contribution in [2.45, 2.75) is 51.2 Å². The molecule has 0 saturated carbocycles. The first-order valence-electron chi connectivity index (χ1n) is 4.81. The maximum atomic E-state index is 6.19. The van der Waals surface area contributed by atoms with E-state index >= 15 is 0 Å². The highest BCUT2D eigenvalue weighted by molar-refractivity contribution is 7.19. The molecule has 0 unspecified atom stereocenters. The second-order valence-corrected chi connectivity index (χ2v) is 11.3. The molecule has 0 nitrogen and oxygen atoms in total. The lowest BCUT2D eigenvalue weighted by molar-refractivity contribution is 0.656. The molecule has 0 saturated heterocycles. The average molecular weight is 227 g/mol. The molecule has 0 atom stereocenters. The van der Waals surface area contributed by atoms with Crippen LogP contribution < -0.4 is 0 Å². The third-order valence-electron chi connectivity index (χ3n) is 1.90. The second-order valence-electron chi connectivity index (χ2n) is 3.93. The normalized spacial score (nSPS) is 12.0. The van der Waals surface area contributed by atoms with Gasteiger partial charge in [-0.2, -0.15) is 11.1 Å². The summed E-state index contributed by atoms with van der Waals surface area (Å²) in [5.74, 6) is 0.815. The average Bonchev–Trinajstić information content (AvgIpc) is 1.94. The van der Waals surface area contributed by atoms with Crippen LogP contribution in [0.5, 0.6) is 0 Å². The maximum absolute atomic E-state index is 6.19. The number of unbranched alkanes of at least 4 members (excludes halogenated alkanes) is 4. The summed E-state index contributed by atoms with van der Waals surface area (Å²) < 4.78 is 0. The molecule has 0 aliphatic carbocycles. The van der Waals surface area contributed by atoms with Crippen molar-refractivity contribution in [2.24, 2.45) is 0 Å². The molecule has 0 aromatic heterocycles. The van der Waals surface area contributed by atoms with Gasteiger partial charge in [-0.1, -0.05) is 38.8 Å². The smallest absolute Gasteiger partial charge is 0.150 e. The van der Waals surface area contributed by atoms with Crippen molar-refractivity contribution in [2.75, 3.05) is 5.88 Å². The van der Waals surface area contributed by atoms with Crippen LogP contribution in [0, 0.1) is 0 Å². The zero-order valence-corrected chi connectivity index (χ0v) is 10.7. The Balaban J connectivity index is 3.01. The molecule has 0 spiro atoms. The third kappa shape index (κ3) is 10.8. The Morgan fingerprint density at radius 1 is 0.917 bits per heavy atom. The van der Waals surface area contributed by atoms with Crippen LogP contribution >= 0.6 is 22.7 Å². The molecule has 0 N–H and O–H groups in total. The molecule has 0 heterocycles. The summed E-state index contributed by atoms with van der Waals surface area (Å²) in [4.78, 5) is 0. The van der Waals surface area contributed by atoms with E-state index in [4.69, 9.17) is 22.7 Å². The molecular weight excluding hydrogens is 207 g/mol. The molecule has 0 aromatic rings. The molecule has 12 heavy (non-hydrogen) atoms. The minimum absolute atomic E-state index is 0.815. The van der Waals surface area contributed by atoms with Crippen molar-refractivity contribution >= 4 is 30.1 Å². The zero-order chi connectivity index (χ0) is 9.45. The monoisotopic (exact) mass is 226 g/mol. The van der Waals surface area contributed by atoms with E-state index in [0.29, 0.717) is 0 Å². The summed E-state index contributed by atoms with van der Waals surface area (Å²) in [5, 5.41) is 0. The standard InChI is InChI=1S/C9H20Cl2Si/c1-12(2,11)9-7-5-3-4-6-8-10/h3-9H2,1-2H3. The van der Waals surface area contributed by atoms with Gasteiger partial charge in [-0.05, 0) is 12.5 Å². The summed E-state index contributed by atoms with van der Waals surface area (Å²) in [7, 11) is -1.28. The molecule has 3 heteroatoms. The van der Waals surface area contributed by atoms with Gasteiger partial charge in [0.2, 0.25) is 0 Å². The van der Waals surface area contributed by atoms with Crippen LogP contribution in [0.25, 0.3) is 0 Å². The fourth-order valence-corrected chi connectivity index (χ4v) is 2.85. The van der Waals surface area contributed by atoms with Gasteiger partial charge in [0, 0.05) is 5.88 Å². The molecule has 0 radical (unpaired) electrons. The van der Waals surface area contributed by atoms with E-state index in [1.807, 2.05) is 0 Å². The minimum Gasteiger partial charge on any atom is -0.168 e. The highest BCUT2D eigenvalue weighted by atomic mass is 35.6. The molecule has 0 aromatic carbocycles. The lowest BCUT2D eigenvalue weighted by atomic mass is 10.2. The number of alkyl halides is 1. The van der Waals surface area contributed by atoms with Gasteiger partial charge in [0.25, 0.3) is 0 Å². The van der Waals surface area contributed by atoms with Crippen LogP contribution in [0.2, 0.25) is 19.1 Å². The highest BCUT2D eigenvalue weighted by Crippen LogP contribution is 2.18. The molecular formula is C9H20Cl2Si. The number of halogens is 2. The van der Waals surface area contributed by atoms with E-state index in [0.717, 1.165) is 5.88 Å². The van der Waals surface area contributed by atoms with Crippen LogP contribution in [0.15, 0.2) is 0 Å². The first-order valence-corrected chi connectivity index (χ1v) is 9.56. The van der Waals surface area contributed by atoms with Crippen molar-refractivity contribution in [1.29, 1.82) is 0 Å². The van der Waals surface area contributed by atoms with Crippen LogP contribution in [-0.2, 0) is 0 Å². The van der Waals surface area contributed by atoms with Gasteiger partial charge in [-0.3, -0.25) is 0 Å². The Hall–Kier alpha value is 0.797. The molecule has 0 fully saturated rings. The van der Waals surface area contributed by atoms with Crippen molar-refractivity contribution in [3.63, 3.8) is 0 Å². The SMILES string of the molecule is C[Si](C)(Cl)CCCCCCCCl. The topological polar surface area (TPSA) is 0 Å². The molecule has 0 amide bonds. The van der Waals surface area contributed by atoms with Gasteiger partial charge in [-0.15, -0.1) is 11.6 Å². The van der Waals surface area contributed by atoms with E-state index in [1.165, 1.54) is 38.1 Å². The molecule has 0 aliphatic rings. The summed E-state index contributed by atoms with van der Waals surface area (Å²) >= 11 is 11.8. The van der Waals surface area contributed by atoms with Crippen molar-refractivity contribution in [1.82, 2.24) is 0 Å². The Bertz CT molecular complexity index is 99.2. The fourth-order valence-electron chi connectivity index (χ4n) is 1.17. The number of hydrogen-bond donors (Lipinski definition) is 0. The van der Waals surface area contributed by atoms with Crippen LogP contribution in [-0.4, -0.2) is 13.3 Å². The largest absolute Gasteiger partial charge is 0.168 e. The lowest BCUT2D eigenvalue weighted by Gasteiger charge is -2.11. The van der Waals surface area contributed by atoms with Crippen molar-refractivity contribution in [3.05, 3.63) is 0 Å². The summed E-state index contributed by atoms with van der Waals surface area (Å²) in [6.45, 7) is 4.43. The van der Waals surface area contributed by atoms with Crippen LogP contribution in [0.1, 0.15) is 32.1 Å². The predicted octanol–water partition coefficient (Wildman–Crippen LogP) is 4.62. The predicted molar refractivity (Wildman–Crippen MR) is 61.9 cm³/mol. The molecule has 0 rings (SSSR count). The van der Waals surface area contributed by atoms with E-state index in [-0.39, 0.29) is 0 Å². The van der Waals surface area contributed by atoms with Crippen molar-refractivity contribution < 1.29 is 0 Å². The number of rotatable bonds is 7. The van der Waals surface area contributed by atoms with Gasteiger partial charge in [-0.25, -0.2) is 0 Å². The first kappa shape index (κ1) is 12.8. The lowest BCUT2D eigenvalue weighted by Crippen LogP contribution is -2.14. The fraction of sp³-hybridized carbons (Fsp3) is 1.00. The first-order chi connectivity index (χ1) is 5.56. The summed E-state index contributed by atoms with van der Waals surface area (Å²) in [6, 6.07) is 1.26. The van der Waals surface area contributed by atoms with Crippen LogP contribution in [0.3, 0.4) is 0 Å². The molecule has 0 bridgehead atoms. The molecule has 74 valence electrons. The van der Waals surface area contributed by atoms with E-state index in [1.54, 1.807) is 0 Å². The van der Waals surface area contributed by atoms with E-state index < -0.39 is 7.38 Å². The Kier molecular flexibility index (Phi) is 7.70. The maximum Gasteiger partial charge on any atom is 0.150 e. The third-order valence-corrected chi connectivity index (χ3v) is 4.28. The van der Waals surface area contributed by atoms with Gasteiger partial charge < -0.3 is 0 Å². The van der Waals surface area contributed by atoms with Gasteiger partial charge >= 0.3 is 0 Å². The van der Waals surface area contributed by atoms with Crippen molar-refractivity contribution in [3.8, 4) is 0 Å². The van der Waals surface area contributed by atoms with E-state index in [9.17, 15) is 0 Å². The summed E-state index contributed by atoms with van der Waals surface area (Å²) in [5.41, 5.74) is 0. The Morgan fingerprint density at radius 3 is 1.92 bits per heavy atom. The minimum atomic E-state index is -1.28. The van der Waals surface area contributed by atoms with Crippen LogP contribution in [0.4, 0.5) is 0 Å². The Morgan fingerprint density at radius 2 is 1.42 bits per heavy atom. The number of hydrogen-bond acceptors (Lipinski definition) is 0. The second kappa shape index (κ2) is 7.22. The van der Waals surface area contributed by atoms with E-state index in [2.05, 4.69) is 13.1 Å². The Labute approximate surface area is 87.4 Å². The zero-order valence-electron chi connectivity index (χ0n) is 8.21. The van der Waals surface area contributed by atoms with Gasteiger partial charge in [0.05, 0.1) is 0 Å².